The summed E-state index contributed by atoms with van der Waals surface area (Å²) in [6.45, 7) is 0. The fraction of sp³-hybridized carbons (Fsp3) is 0. The molecule has 0 spiro atoms. The molecule has 0 bridgehead atoms. The van der Waals surface area contributed by atoms with Gasteiger partial charge in [-0.25, -0.2) is 0 Å². The van der Waals surface area contributed by atoms with E-state index in [9.17, 15) is 20.2 Å². The van der Waals surface area contributed by atoms with Gasteiger partial charge in [0.05, 0.1) is 32.8 Å². The molecule has 128 valence electrons. The minimum Gasteiger partial charge on any atom is -0.359 e. The second kappa shape index (κ2) is 5.77. The molecule has 2 heterocycles. The highest BCUT2D eigenvalue weighted by Gasteiger charge is 2.25. The number of fused-ring (bicyclic) bond motifs is 3. The number of non-ortho nitro benzene ring substituents is 2. The van der Waals surface area contributed by atoms with Crippen LogP contribution in [-0.2, 0) is 0 Å². The molecule has 0 radical (unpaired) electrons. The third kappa shape index (κ3) is 2.36. The van der Waals surface area contributed by atoms with Crippen molar-refractivity contribution in [1.29, 1.82) is 0 Å². The number of aromatic amines is 1. The van der Waals surface area contributed by atoms with E-state index in [-0.39, 0.29) is 16.9 Å². The van der Waals surface area contributed by atoms with E-state index < -0.39 is 9.85 Å². The number of hydrogen-bond acceptors (Lipinski definition) is 7. The van der Waals surface area contributed by atoms with E-state index in [1.807, 2.05) is 0 Å². The molecule has 4 rings (SSSR count). The maximum absolute atomic E-state index is 11.5. The van der Waals surface area contributed by atoms with Crippen LogP contribution < -0.4 is 5.32 Å². The van der Waals surface area contributed by atoms with E-state index in [1.165, 1.54) is 30.6 Å². The number of nitrogens with one attached hydrogen (secondary N) is 2. The maximum atomic E-state index is 11.5. The third-order valence-electron chi connectivity index (χ3n) is 4.00. The number of anilines is 1. The largest absolute Gasteiger partial charge is 0.359 e. The van der Waals surface area contributed by atoms with E-state index in [0.717, 1.165) is 0 Å². The van der Waals surface area contributed by atoms with Crippen molar-refractivity contribution >= 4 is 33.7 Å². The highest BCUT2D eigenvalue weighted by molar-refractivity contribution is 6.21. The molecule has 1 aromatic heterocycles. The molecule has 0 saturated carbocycles. The molecular formula is C16H10N6O4. The van der Waals surface area contributed by atoms with E-state index in [2.05, 4.69) is 20.5 Å². The number of H-pyrrole nitrogens is 1. The summed E-state index contributed by atoms with van der Waals surface area (Å²) in [4.78, 5) is 25.8. The lowest BCUT2D eigenvalue weighted by molar-refractivity contribution is -0.384. The first-order valence-electron chi connectivity index (χ1n) is 7.45. The lowest BCUT2D eigenvalue weighted by Crippen LogP contribution is -2.07. The van der Waals surface area contributed by atoms with Gasteiger partial charge in [-0.05, 0) is 0 Å². The Morgan fingerprint density at radius 3 is 2.69 bits per heavy atom. The zero-order valence-electron chi connectivity index (χ0n) is 13.0. The van der Waals surface area contributed by atoms with Gasteiger partial charge in [0.2, 0.25) is 0 Å². The first-order chi connectivity index (χ1) is 12.6. The molecule has 1 aliphatic heterocycles. The Balaban J connectivity index is 2.00. The lowest BCUT2D eigenvalue weighted by Gasteiger charge is -2.11. The monoisotopic (exact) mass is 350 g/mol. The lowest BCUT2D eigenvalue weighted by atomic mass is 9.97. The molecule has 26 heavy (non-hydrogen) atoms. The van der Waals surface area contributed by atoms with Crippen LogP contribution in [0, 0.1) is 20.2 Å². The van der Waals surface area contributed by atoms with Crippen LogP contribution in [0.2, 0.25) is 0 Å². The summed E-state index contributed by atoms with van der Waals surface area (Å²) in [5, 5.41) is 32.6. The highest BCUT2D eigenvalue weighted by Crippen LogP contribution is 2.36. The Kier molecular flexibility index (Phi) is 3.43. The Morgan fingerprint density at radius 1 is 1.08 bits per heavy atom. The second-order valence-corrected chi connectivity index (χ2v) is 5.48. The molecule has 0 unspecified atom stereocenters. The number of benzene rings is 2. The summed E-state index contributed by atoms with van der Waals surface area (Å²) >= 11 is 0. The van der Waals surface area contributed by atoms with E-state index in [4.69, 9.17) is 0 Å². The van der Waals surface area contributed by atoms with Gasteiger partial charge in [-0.15, -0.1) is 0 Å². The van der Waals surface area contributed by atoms with Crippen molar-refractivity contribution < 1.29 is 9.85 Å². The number of aromatic nitrogens is 2. The molecule has 0 saturated heterocycles. The van der Waals surface area contributed by atoms with Crippen molar-refractivity contribution in [2.75, 3.05) is 5.32 Å². The van der Waals surface area contributed by atoms with E-state index >= 15 is 0 Å². The van der Waals surface area contributed by atoms with Crippen LogP contribution in [0.15, 0.2) is 53.9 Å². The molecule has 3 aromatic rings. The van der Waals surface area contributed by atoms with E-state index in [0.29, 0.717) is 27.9 Å². The summed E-state index contributed by atoms with van der Waals surface area (Å²) in [6.07, 6.45) is 4.56. The molecule has 10 heteroatoms. The van der Waals surface area contributed by atoms with Crippen LogP contribution >= 0.6 is 0 Å². The SMILES string of the molecule is O=[N+]([O-])c1cccc(C2=NC=CNc3c2cc([N+](=O)[O-])c2[nH]ncc32)c1. The van der Waals surface area contributed by atoms with Crippen molar-refractivity contribution in [1.82, 2.24) is 10.2 Å². The fourth-order valence-corrected chi connectivity index (χ4v) is 2.88. The number of nitro groups is 2. The average molecular weight is 350 g/mol. The van der Waals surface area contributed by atoms with Crippen LogP contribution in [0.3, 0.4) is 0 Å². The van der Waals surface area contributed by atoms with Gasteiger partial charge >= 0.3 is 0 Å². The van der Waals surface area contributed by atoms with Crippen LogP contribution in [0.5, 0.6) is 0 Å². The second-order valence-electron chi connectivity index (χ2n) is 5.48. The normalized spacial score (nSPS) is 12.8. The molecule has 0 aliphatic carbocycles. The van der Waals surface area contributed by atoms with Crippen LogP contribution in [0.1, 0.15) is 11.1 Å². The van der Waals surface area contributed by atoms with Gasteiger partial charge in [0.1, 0.15) is 5.52 Å². The van der Waals surface area contributed by atoms with Crippen LogP contribution in [0.4, 0.5) is 17.1 Å². The first kappa shape index (κ1) is 15.4. The molecule has 10 nitrogen and oxygen atoms in total. The summed E-state index contributed by atoms with van der Waals surface area (Å²) in [7, 11) is 0. The Labute approximate surface area is 145 Å². The minimum absolute atomic E-state index is 0.0909. The number of nitro benzene ring substituents is 2. The molecule has 0 fully saturated rings. The average Bonchev–Trinajstić information content (AvgIpc) is 3.01. The van der Waals surface area contributed by atoms with Crippen molar-refractivity contribution in [2.24, 2.45) is 4.99 Å². The summed E-state index contributed by atoms with van der Waals surface area (Å²) in [5.74, 6) is 0. The van der Waals surface area contributed by atoms with Gasteiger partial charge in [0, 0.05) is 41.7 Å². The molecule has 0 atom stereocenters. The molecule has 2 aromatic carbocycles. The topological polar surface area (TPSA) is 139 Å². The van der Waals surface area contributed by atoms with Crippen molar-refractivity contribution in [3.8, 4) is 0 Å². The maximum Gasteiger partial charge on any atom is 0.295 e. The van der Waals surface area contributed by atoms with Crippen LogP contribution in [-0.4, -0.2) is 25.8 Å². The summed E-state index contributed by atoms with van der Waals surface area (Å²) in [5.41, 5.74) is 1.94. The Hall–Kier alpha value is -4.08. The van der Waals surface area contributed by atoms with Crippen molar-refractivity contribution in [3.63, 3.8) is 0 Å². The minimum atomic E-state index is -0.510. The summed E-state index contributed by atoms with van der Waals surface area (Å²) in [6, 6.07) is 7.35. The number of rotatable bonds is 3. The number of nitrogens with zero attached hydrogens (tertiary/aromatic N) is 4. The van der Waals surface area contributed by atoms with Crippen molar-refractivity contribution in [3.05, 3.63) is 80.3 Å². The Bertz CT molecular complexity index is 1130. The predicted molar refractivity (Wildman–Crippen MR) is 94.2 cm³/mol. The Morgan fingerprint density at radius 2 is 1.92 bits per heavy atom. The quantitative estimate of drug-likeness (QED) is 0.549. The van der Waals surface area contributed by atoms with Gasteiger partial charge in [0.25, 0.3) is 11.4 Å². The smallest absolute Gasteiger partial charge is 0.295 e. The molecular weight excluding hydrogens is 340 g/mol. The number of hydrogen-bond donors (Lipinski definition) is 2. The van der Waals surface area contributed by atoms with Gasteiger partial charge in [-0.2, -0.15) is 5.10 Å². The standard InChI is InChI=1S/C16H10N6O4/c23-21(24)10-3-1-2-9(6-10)14-11-7-13(22(25)26)16-12(8-19-20-16)15(11)18-5-4-17-14/h1-8,18H,(H,19,20). The highest BCUT2D eigenvalue weighted by atomic mass is 16.6. The first-order valence-corrected chi connectivity index (χ1v) is 7.45. The predicted octanol–water partition coefficient (Wildman–Crippen LogP) is 3.11. The van der Waals surface area contributed by atoms with Crippen LogP contribution in [0.25, 0.3) is 10.9 Å². The van der Waals surface area contributed by atoms with E-state index in [1.54, 1.807) is 18.3 Å². The van der Waals surface area contributed by atoms with Crippen molar-refractivity contribution in [2.45, 2.75) is 0 Å². The molecule has 1 aliphatic rings. The van der Waals surface area contributed by atoms with Gasteiger partial charge in [0.15, 0.2) is 0 Å². The summed E-state index contributed by atoms with van der Waals surface area (Å²) < 4.78 is 0. The van der Waals surface area contributed by atoms with Gasteiger partial charge in [-0.1, -0.05) is 12.1 Å². The van der Waals surface area contributed by atoms with Gasteiger partial charge < -0.3 is 5.32 Å². The zero-order chi connectivity index (χ0) is 18.3. The number of aliphatic imine (C=N–C) groups is 1. The molecule has 2 N–H and O–H groups in total. The van der Waals surface area contributed by atoms with Gasteiger partial charge in [-0.3, -0.25) is 30.3 Å². The zero-order valence-corrected chi connectivity index (χ0v) is 13.0. The molecule has 0 amide bonds. The fourth-order valence-electron chi connectivity index (χ4n) is 2.88. The third-order valence-corrected chi connectivity index (χ3v) is 4.00.